The largest absolute Gasteiger partial charge is 0.354 e. The Morgan fingerprint density at radius 2 is 2.12 bits per heavy atom. The summed E-state index contributed by atoms with van der Waals surface area (Å²) in [6.45, 7) is 11.8. The van der Waals surface area contributed by atoms with Gasteiger partial charge in [-0.3, -0.25) is 14.3 Å². The van der Waals surface area contributed by atoms with Gasteiger partial charge in [-0.1, -0.05) is 38.8 Å². The van der Waals surface area contributed by atoms with Crippen LogP contribution in [0.2, 0.25) is 0 Å². The van der Waals surface area contributed by atoms with Crippen molar-refractivity contribution >= 4 is 0 Å². The maximum absolute atomic E-state index is 12.3. The molecule has 4 atom stereocenters. The number of H-pyrrole nitrogens is 1. The molecule has 1 saturated heterocycles. The smallest absolute Gasteiger partial charge is 0.330 e. The highest BCUT2D eigenvalue weighted by Gasteiger charge is 2.33. The topological polar surface area (TPSA) is 76.1 Å². The molecule has 1 aromatic heterocycles. The SMILES string of the molecule is CCC(C)C(C)C1CC[C@H](n2cc(CNCC=C(C)C)c(=O)[nH]c2=O)O1. The van der Waals surface area contributed by atoms with Crippen LogP contribution in [0.4, 0.5) is 0 Å². The summed E-state index contributed by atoms with van der Waals surface area (Å²) in [5.74, 6) is 1.04. The number of hydrogen-bond acceptors (Lipinski definition) is 4. The number of ether oxygens (including phenoxy) is 1. The van der Waals surface area contributed by atoms with Crippen LogP contribution in [0.15, 0.2) is 27.4 Å². The van der Waals surface area contributed by atoms with Gasteiger partial charge >= 0.3 is 5.69 Å². The Balaban J connectivity index is 2.10. The van der Waals surface area contributed by atoms with Crippen molar-refractivity contribution in [2.75, 3.05) is 6.54 Å². The molecule has 0 spiro atoms. The highest BCUT2D eigenvalue weighted by molar-refractivity contribution is 5.05. The molecule has 0 saturated carbocycles. The second-order valence-electron chi connectivity index (χ2n) is 7.68. The molecule has 0 bridgehead atoms. The number of nitrogens with one attached hydrogen (secondary N) is 2. The molecular formula is C20H33N3O3. The van der Waals surface area contributed by atoms with E-state index >= 15 is 0 Å². The fourth-order valence-electron chi connectivity index (χ4n) is 3.32. The van der Waals surface area contributed by atoms with Crippen molar-refractivity contribution in [2.45, 2.75) is 72.8 Å². The Morgan fingerprint density at radius 1 is 1.38 bits per heavy atom. The van der Waals surface area contributed by atoms with Gasteiger partial charge in [-0.25, -0.2) is 4.79 Å². The quantitative estimate of drug-likeness (QED) is 0.550. The minimum absolute atomic E-state index is 0.160. The van der Waals surface area contributed by atoms with Gasteiger partial charge in [0.15, 0.2) is 0 Å². The molecular weight excluding hydrogens is 330 g/mol. The first kappa shape index (κ1) is 20.6. The maximum Gasteiger partial charge on any atom is 0.330 e. The molecule has 2 rings (SSSR count). The minimum Gasteiger partial charge on any atom is -0.354 e. The van der Waals surface area contributed by atoms with Crippen molar-refractivity contribution < 1.29 is 4.74 Å². The van der Waals surface area contributed by atoms with Crippen LogP contribution in [0.5, 0.6) is 0 Å². The molecule has 0 aliphatic carbocycles. The van der Waals surface area contributed by atoms with Crippen LogP contribution in [-0.2, 0) is 11.3 Å². The number of hydrogen-bond donors (Lipinski definition) is 2. The van der Waals surface area contributed by atoms with E-state index in [2.05, 4.69) is 37.1 Å². The molecule has 26 heavy (non-hydrogen) atoms. The summed E-state index contributed by atoms with van der Waals surface area (Å²) in [7, 11) is 0. The van der Waals surface area contributed by atoms with E-state index in [0.717, 1.165) is 19.3 Å². The van der Waals surface area contributed by atoms with Crippen molar-refractivity contribution in [1.82, 2.24) is 14.9 Å². The lowest BCUT2D eigenvalue weighted by Crippen LogP contribution is -2.36. The monoisotopic (exact) mass is 363 g/mol. The zero-order valence-electron chi connectivity index (χ0n) is 16.7. The molecule has 1 fully saturated rings. The summed E-state index contributed by atoms with van der Waals surface area (Å²) in [4.78, 5) is 26.8. The van der Waals surface area contributed by atoms with E-state index in [9.17, 15) is 9.59 Å². The van der Waals surface area contributed by atoms with Crippen molar-refractivity contribution in [3.8, 4) is 0 Å². The summed E-state index contributed by atoms with van der Waals surface area (Å²) >= 11 is 0. The van der Waals surface area contributed by atoms with Gasteiger partial charge in [-0.2, -0.15) is 0 Å². The van der Waals surface area contributed by atoms with E-state index in [-0.39, 0.29) is 17.9 Å². The van der Waals surface area contributed by atoms with Gasteiger partial charge < -0.3 is 10.1 Å². The number of allylic oxidation sites excluding steroid dienone is 1. The summed E-state index contributed by atoms with van der Waals surface area (Å²) in [5, 5.41) is 3.21. The van der Waals surface area contributed by atoms with Gasteiger partial charge in [0.05, 0.1) is 6.10 Å². The summed E-state index contributed by atoms with van der Waals surface area (Å²) in [5.41, 5.74) is 1.04. The molecule has 3 unspecified atom stereocenters. The number of aromatic amines is 1. The Bertz CT molecular complexity index is 731. The molecule has 146 valence electrons. The van der Waals surface area contributed by atoms with Gasteiger partial charge in [-0.15, -0.1) is 0 Å². The van der Waals surface area contributed by atoms with Crippen molar-refractivity contribution in [3.05, 3.63) is 44.2 Å². The lowest BCUT2D eigenvalue weighted by molar-refractivity contribution is -0.0350. The number of nitrogens with zero attached hydrogens (tertiary/aromatic N) is 1. The highest BCUT2D eigenvalue weighted by Crippen LogP contribution is 2.34. The van der Waals surface area contributed by atoms with Crippen LogP contribution in [0.3, 0.4) is 0 Å². The van der Waals surface area contributed by atoms with Crippen molar-refractivity contribution in [2.24, 2.45) is 11.8 Å². The first-order chi connectivity index (χ1) is 12.3. The third-order valence-corrected chi connectivity index (χ3v) is 5.48. The zero-order chi connectivity index (χ0) is 19.3. The van der Waals surface area contributed by atoms with E-state index in [1.165, 1.54) is 5.57 Å². The third kappa shape index (κ3) is 5.17. The van der Waals surface area contributed by atoms with E-state index < -0.39 is 5.69 Å². The predicted octanol–water partition coefficient (Wildman–Crippen LogP) is 2.95. The van der Waals surface area contributed by atoms with Crippen LogP contribution in [0.1, 0.15) is 65.7 Å². The molecule has 0 amide bonds. The van der Waals surface area contributed by atoms with Crippen LogP contribution < -0.4 is 16.6 Å². The standard InChI is InChI=1S/C20H33N3O3/c1-6-14(4)15(5)17-7-8-18(26-17)23-12-16(19(24)22-20(23)25)11-21-10-9-13(2)3/h9,12,14-15,17-18,21H,6-8,10-11H2,1-5H3,(H,22,24,25)/t14?,15?,17?,18-/m1/s1. The van der Waals surface area contributed by atoms with Crippen LogP contribution in [-0.4, -0.2) is 22.2 Å². The van der Waals surface area contributed by atoms with Crippen molar-refractivity contribution in [1.29, 1.82) is 0 Å². The predicted molar refractivity (Wildman–Crippen MR) is 104 cm³/mol. The van der Waals surface area contributed by atoms with Crippen LogP contribution >= 0.6 is 0 Å². The molecule has 2 N–H and O–H groups in total. The van der Waals surface area contributed by atoms with E-state index in [4.69, 9.17) is 4.74 Å². The second-order valence-corrected chi connectivity index (χ2v) is 7.68. The first-order valence-corrected chi connectivity index (χ1v) is 9.67. The molecule has 1 aliphatic heterocycles. The first-order valence-electron chi connectivity index (χ1n) is 9.67. The average molecular weight is 364 g/mol. The molecule has 0 radical (unpaired) electrons. The van der Waals surface area contributed by atoms with E-state index in [0.29, 0.717) is 30.5 Å². The Morgan fingerprint density at radius 3 is 2.77 bits per heavy atom. The normalized spacial score (nSPS) is 22.2. The van der Waals surface area contributed by atoms with Crippen LogP contribution in [0.25, 0.3) is 0 Å². The van der Waals surface area contributed by atoms with Gasteiger partial charge in [-0.05, 0) is 38.5 Å². The second kappa shape index (κ2) is 9.33. The fraction of sp³-hybridized carbons (Fsp3) is 0.700. The lowest BCUT2D eigenvalue weighted by atomic mass is 9.88. The van der Waals surface area contributed by atoms with Crippen LogP contribution in [0, 0.1) is 11.8 Å². The molecule has 6 nitrogen and oxygen atoms in total. The Kier molecular flexibility index (Phi) is 7.41. The Labute approximate surface area is 155 Å². The van der Waals surface area contributed by atoms with Gasteiger partial charge in [0.2, 0.25) is 0 Å². The molecule has 2 heterocycles. The number of aromatic nitrogens is 2. The summed E-state index contributed by atoms with van der Waals surface area (Å²) < 4.78 is 7.72. The fourth-order valence-corrected chi connectivity index (χ4v) is 3.32. The number of rotatable bonds is 8. The van der Waals surface area contributed by atoms with E-state index in [1.54, 1.807) is 10.8 Å². The van der Waals surface area contributed by atoms with Gasteiger partial charge in [0.25, 0.3) is 5.56 Å². The summed E-state index contributed by atoms with van der Waals surface area (Å²) in [6.07, 6.45) is 6.42. The van der Waals surface area contributed by atoms with E-state index in [1.807, 2.05) is 13.8 Å². The highest BCUT2D eigenvalue weighted by atomic mass is 16.5. The third-order valence-electron chi connectivity index (χ3n) is 5.48. The molecule has 1 aliphatic rings. The maximum atomic E-state index is 12.3. The summed E-state index contributed by atoms with van der Waals surface area (Å²) in [6, 6.07) is 0. The lowest BCUT2D eigenvalue weighted by Gasteiger charge is -2.25. The zero-order valence-corrected chi connectivity index (χ0v) is 16.7. The Hall–Kier alpha value is -1.66. The van der Waals surface area contributed by atoms with Gasteiger partial charge in [0, 0.05) is 24.8 Å². The van der Waals surface area contributed by atoms with Gasteiger partial charge in [0.1, 0.15) is 6.23 Å². The molecule has 1 aromatic rings. The minimum atomic E-state index is -0.398. The average Bonchev–Trinajstić information content (AvgIpc) is 3.08. The molecule has 0 aromatic carbocycles. The van der Waals surface area contributed by atoms with Crippen molar-refractivity contribution in [3.63, 3.8) is 0 Å². The molecule has 6 heteroatoms.